The second kappa shape index (κ2) is 5.68. The lowest BCUT2D eigenvalue weighted by atomic mass is 9.95. The quantitative estimate of drug-likeness (QED) is 0.846. The highest BCUT2D eigenvalue weighted by Gasteiger charge is 2.43. The Morgan fingerprint density at radius 2 is 2.10 bits per heavy atom. The van der Waals surface area contributed by atoms with E-state index in [1.54, 1.807) is 6.07 Å². The van der Waals surface area contributed by atoms with Gasteiger partial charge in [-0.15, -0.1) is 0 Å². The second-order valence-corrected chi connectivity index (χ2v) is 5.43. The molecule has 1 unspecified atom stereocenters. The first kappa shape index (κ1) is 13.8. The van der Waals surface area contributed by atoms with Crippen LogP contribution >= 0.6 is 0 Å². The third kappa shape index (κ3) is 2.41. The Morgan fingerprint density at radius 1 is 1.30 bits per heavy atom. The van der Waals surface area contributed by atoms with Crippen molar-refractivity contribution in [2.24, 2.45) is 0 Å². The Hall–Kier alpha value is -1.17. The lowest BCUT2D eigenvalue weighted by Crippen LogP contribution is -2.57. The molecule has 1 spiro atoms. The molecule has 0 aliphatic carbocycles. The molecule has 4 nitrogen and oxygen atoms in total. The van der Waals surface area contributed by atoms with Crippen molar-refractivity contribution in [1.29, 1.82) is 0 Å². The molecule has 0 radical (unpaired) electrons. The summed E-state index contributed by atoms with van der Waals surface area (Å²) in [4.78, 5) is 2.29. The summed E-state index contributed by atoms with van der Waals surface area (Å²) in [6, 6.07) is 5.29. The Labute approximate surface area is 118 Å². The molecule has 1 atom stereocenters. The normalized spacial score (nSPS) is 27.1. The largest absolute Gasteiger partial charge is 0.494 e. The number of halogens is 1. The number of nitrogens with zero attached hydrogens (tertiary/aromatic N) is 1. The first-order chi connectivity index (χ1) is 9.75. The Kier molecular flexibility index (Phi) is 3.92. The highest BCUT2D eigenvalue weighted by molar-refractivity contribution is 5.31. The van der Waals surface area contributed by atoms with Gasteiger partial charge in [-0.25, -0.2) is 4.39 Å². The van der Waals surface area contributed by atoms with E-state index in [9.17, 15) is 4.39 Å². The average Bonchev–Trinajstić information content (AvgIpc) is 2.93. The topological polar surface area (TPSA) is 30.9 Å². The summed E-state index contributed by atoms with van der Waals surface area (Å²) in [6.07, 6.45) is 0.943. The highest BCUT2D eigenvalue weighted by atomic mass is 19.1. The maximum atomic E-state index is 14.3. The van der Waals surface area contributed by atoms with E-state index in [1.165, 1.54) is 7.11 Å². The first-order valence-electron chi connectivity index (χ1n) is 6.97. The summed E-state index contributed by atoms with van der Waals surface area (Å²) >= 11 is 0. The highest BCUT2D eigenvalue weighted by Crippen LogP contribution is 2.32. The fourth-order valence-corrected chi connectivity index (χ4v) is 3.01. The van der Waals surface area contributed by atoms with Gasteiger partial charge in [0.05, 0.1) is 32.5 Å². The van der Waals surface area contributed by atoms with Crippen LogP contribution in [0.15, 0.2) is 18.2 Å². The minimum atomic E-state index is -0.268. The molecule has 0 aromatic heterocycles. The van der Waals surface area contributed by atoms with Gasteiger partial charge in [-0.3, -0.25) is 4.90 Å². The van der Waals surface area contributed by atoms with Crippen molar-refractivity contribution < 1.29 is 18.6 Å². The molecule has 5 heteroatoms. The van der Waals surface area contributed by atoms with E-state index in [2.05, 4.69) is 4.90 Å². The maximum Gasteiger partial charge on any atom is 0.169 e. The zero-order valence-electron chi connectivity index (χ0n) is 11.7. The van der Waals surface area contributed by atoms with E-state index in [4.69, 9.17) is 14.2 Å². The Balaban J connectivity index is 1.82. The van der Waals surface area contributed by atoms with Gasteiger partial charge in [0.25, 0.3) is 0 Å². The fourth-order valence-electron chi connectivity index (χ4n) is 3.01. The van der Waals surface area contributed by atoms with Crippen molar-refractivity contribution in [3.8, 4) is 5.75 Å². The summed E-state index contributed by atoms with van der Waals surface area (Å²) in [5.41, 5.74) is 0.575. The number of hydrogen-bond acceptors (Lipinski definition) is 4. The average molecular weight is 281 g/mol. The van der Waals surface area contributed by atoms with E-state index in [-0.39, 0.29) is 11.4 Å². The molecular weight excluding hydrogens is 261 g/mol. The summed E-state index contributed by atoms with van der Waals surface area (Å²) < 4.78 is 30.5. The minimum Gasteiger partial charge on any atom is -0.494 e. The van der Waals surface area contributed by atoms with Crippen molar-refractivity contribution >= 4 is 0 Å². The summed E-state index contributed by atoms with van der Waals surface area (Å²) in [6.45, 7) is 4.14. The van der Waals surface area contributed by atoms with Crippen LogP contribution in [0.5, 0.6) is 5.75 Å². The van der Waals surface area contributed by atoms with E-state index >= 15 is 0 Å². The molecule has 0 amide bonds. The SMILES string of the molecule is COc1cccc(CN2CCOCC23CCOC3)c1F. The Morgan fingerprint density at radius 3 is 2.85 bits per heavy atom. The van der Waals surface area contributed by atoms with Crippen molar-refractivity contribution in [2.75, 3.05) is 40.1 Å². The predicted octanol–water partition coefficient (Wildman–Crippen LogP) is 1.83. The maximum absolute atomic E-state index is 14.3. The first-order valence-corrected chi connectivity index (χ1v) is 6.97. The number of hydrogen-bond donors (Lipinski definition) is 0. The van der Waals surface area contributed by atoms with Gasteiger partial charge in [-0.1, -0.05) is 12.1 Å². The van der Waals surface area contributed by atoms with Crippen LogP contribution in [0.2, 0.25) is 0 Å². The predicted molar refractivity (Wildman–Crippen MR) is 72.3 cm³/mol. The molecule has 3 rings (SSSR count). The van der Waals surface area contributed by atoms with Crippen LogP contribution in [-0.4, -0.2) is 50.5 Å². The fraction of sp³-hybridized carbons (Fsp3) is 0.600. The molecule has 0 bridgehead atoms. The molecule has 2 fully saturated rings. The molecule has 0 saturated carbocycles. The van der Waals surface area contributed by atoms with E-state index in [0.29, 0.717) is 37.7 Å². The van der Waals surface area contributed by atoms with Crippen LogP contribution in [-0.2, 0) is 16.0 Å². The van der Waals surface area contributed by atoms with E-state index < -0.39 is 0 Å². The van der Waals surface area contributed by atoms with Crippen LogP contribution in [0.3, 0.4) is 0 Å². The number of morpholine rings is 1. The number of ether oxygens (including phenoxy) is 3. The van der Waals surface area contributed by atoms with E-state index in [1.807, 2.05) is 12.1 Å². The molecule has 20 heavy (non-hydrogen) atoms. The molecule has 0 N–H and O–H groups in total. The number of benzene rings is 1. The lowest BCUT2D eigenvalue weighted by molar-refractivity contribution is -0.0753. The molecule has 2 aliphatic rings. The van der Waals surface area contributed by atoms with Gasteiger partial charge in [0, 0.05) is 25.3 Å². The molecule has 2 saturated heterocycles. The van der Waals surface area contributed by atoms with Crippen LogP contribution in [0.4, 0.5) is 4.39 Å². The smallest absolute Gasteiger partial charge is 0.169 e. The van der Waals surface area contributed by atoms with Gasteiger partial charge in [0.1, 0.15) is 0 Å². The van der Waals surface area contributed by atoms with Gasteiger partial charge in [-0.05, 0) is 12.5 Å². The van der Waals surface area contributed by atoms with Crippen LogP contribution in [0, 0.1) is 5.82 Å². The third-order valence-corrected chi connectivity index (χ3v) is 4.25. The monoisotopic (exact) mass is 281 g/mol. The summed E-state index contributed by atoms with van der Waals surface area (Å²) in [5.74, 6) is 0.0306. The van der Waals surface area contributed by atoms with Gasteiger partial charge in [0.15, 0.2) is 11.6 Å². The Bertz CT molecular complexity index is 474. The standard InChI is InChI=1S/C15H20FNO3/c1-18-13-4-2-3-12(14(13)16)9-17-6-8-20-11-15(17)5-7-19-10-15/h2-4H,5-11H2,1H3. The van der Waals surface area contributed by atoms with Gasteiger partial charge >= 0.3 is 0 Å². The molecular formula is C15H20FNO3. The van der Waals surface area contributed by atoms with E-state index in [0.717, 1.165) is 19.6 Å². The van der Waals surface area contributed by atoms with Crippen LogP contribution in [0.25, 0.3) is 0 Å². The van der Waals surface area contributed by atoms with Crippen molar-refractivity contribution in [1.82, 2.24) is 4.90 Å². The zero-order valence-corrected chi connectivity index (χ0v) is 11.7. The summed E-state index contributed by atoms with van der Waals surface area (Å²) in [5, 5.41) is 0. The lowest BCUT2D eigenvalue weighted by Gasteiger charge is -2.43. The zero-order chi connectivity index (χ0) is 14.0. The van der Waals surface area contributed by atoms with Gasteiger partial charge < -0.3 is 14.2 Å². The second-order valence-electron chi connectivity index (χ2n) is 5.43. The van der Waals surface area contributed by atoms with Crippen LogP contribution in [0.1, 0.15) is 12.0 Å². The number of methoxy groups -OCH3 is 1. The molecule has 1 aromatic rings. The van der Waals surface area contributed by atoms with Crippen LogP contribution < -0.4 is 4.74 Å². The molecule has 2 heterocycles. The van der Waals surface area contributed by atoms with Crippen molar-refractivity contribution in [3.05, 3.63) is 29.6 Å². The minimum absolute atomic E-state index is 0.0895. The van der Waals surface area contributed by atoms with Gasteiger partial charge in [-0.2, -0.15) is 0 Å². The third-order valence-electron chi connectivity index (χ3n) is 4.25. The summed E-state index contributed by atoms with van der Waals surface area (Å²) in [7, 11) is 1.49. The molecule has 110 valence electrons. The molecule has 1 aromatic carbocycles. The number of rotatable bonds is 3. The van der Waals surface area contributed by atoms with Gasteiger partial charge in [0.2, 0.25) is 0 Å². The van der Waals surface area contributed by atoms with Crippen molar-refractivity contribution in [3.63, 3.8) is 0 Å². The van der Waals surface area contributed by atoms with Crippen molar-refractivity contribution in [2.45, 2.75) is 18.5 Å². The molecule has 2 aliphatic heterocycles.